The highest BCUT2D eigenvalue weighted by Gasteiger charge is 2.11. The fourth-order valence-electron chi connectivity index (χ4n) is 1.99. The monoisotopic (exact) mass is 350 g/mol. The van der Waals surface area contributed by atoms with Crippen LogP contribution in [0.5, 0.6) is 0 Å². The minimum Gasteiger partial charge on any atom is -0.459 e. The normalized spacial score (nSPS) is 10.8. The number of oxazole rings is 1. The quantitative estimate of drug-likeness (QED) is 0.639. The summed E-state index contributed by atoms with van der Waals surface area (Å²) in [6.45, 7) is 2.22. The number of thiophene rings is 1. The Labute approximate surface area is 140 Å². The van der Waals surface area contributed by atoms with Crippen molar-refractivity contribution in [2.24, 2.45) is 0 Å². The lowest BCUT2D eigenvalue weighted by Gasteiger charge is -2.04. The van der Waals surface area contributed by atoms with Crippen LogP contribution < -0.4 is 4.87 Å². The van der Waals surface area contributed by atoms with Crippen LogP contribution >= 0.6 is 22.7 Å². The maximum absolute atomic E-state index is 11.8. The van der Waals surface area contributed by atoms with Gasteiger partial charge < -0.3 is 13.7 Å². The number of rotatable bonds is 6. The van der Waals surface area contributed by atoms with E-state index in [1.54, 1.807) is 9.95 Å². The van der Waals surface area contributed by atoms with Gasteiger partial charge in [-0.25, -0.2) is 4.98 Å². The number of thiazole rings is 1. The van der Waals surface area contributed by atoms with Crippen LogP contribution in [0, 0.1) is 6.92 Å². The first-order valence-electron chi connectivity index (χ1n) is 6.92. The number of esters is 1. The summed E-state index contributed by atoms with van der Waals surface area (Å²) in [6, 6.07) is 3.82. The summed E-state index contributed by atoms with van der Waals surface area (Å²) in [7, 11) is 0. The van der Waals surface area contributed by atoms with Gasteiger partial charge in [0.2, 0.25) is 5.89 Å². The van der Waals surface area contributed by atoms with Crippen molar-refractivity contribution in [3.8, 4) is 10.8 Å². The predicted molar refractivity (Wildman–Crippen MR) is 87.5 cm³/mol. The van der Waals surface area contributed by atoms with E-state index in [0.29, 0.717) is 18.1 Å². The molecule has 0 unspecified atom stereocenters. The molecule has 0 aromatic carbocycles. The topological polar surface area (TPSA) is 74.3 Å². The molecule has 0 bridgehead atoms. The van der Waals surface area contributed by atoms with Gasteiger partial charge in [-0.2, -0.15) is 0 Å². The highest BCUT2D eigenvalue weighted by Crippen LogP contribution is 2.23. The fraction of sp³-hybridized carbons (Fsp3) is 0.267. The number of carbonyl (C=O) groups is 1. The SMILES string of the molecule is Cc1csc(=O)n1CCC(=O)OCc1coc(-c2cccs2)n1. The Bertz CT molecular complexity index is 845. The van der Waals surface area contributed by atoms with Crippen LogP contribution in [-0.2, 0) is 22.7 Å². The average molecular weight is 350 g/mol. The molecule has 0 fully saturated rings. The van der Waals surface area contributed by atoms with Crippen LogP contribution in [0.1, 0.15) is 17.8 Å². The number of hydrogen-bond donors (Lipinski definition) is 0. The Morgan fingerprint density at radius 2 is 2.30 bits per heavy atom. The Morgan fingerprint density at radius 1 is 1.43 bits per heavy atom. The molecule has 3 heterocycles. The zero-order chi connectivity index (χ0) is 16.2. The average Bonchev–Trinajstić information content (AvgIpc) is 3.25. The summed E-state index contributed by atoms with van der Waals surface area (Å²) in [5.74, 6) is 0.148. The van der Waals surface area contributed by atoms with Crippen molar-refractivity contribution in [2.75, 3.05) is 0 Å². The molecule has 0 aliphatic heterocycles. The Morgan fingerprint density at radius 3 is 3.00 bits per heavy atom. The number of nitrogens with zero attached hydrogens (tertiary/aromatic N) is 2. The summed E-state index contributed by atoms with van der Waals surface area (Å²) >= 11 is 2.66. The van der Waals surface area contributed by atoms with Gasteiger partial charge >= 0.3 is 10.8 Å². The van der Waals surface area contributed by atoms with Gasteiger partial charge in [-0.15, -0.1) is 11.3 Å². The van der Waals surface area contributed by atoms with Gasteiger partial charge in [-0.05, 0) is 18.4 Å². The lowest BCUT2D eigenvalue weighted by Crippen LogP contribution is -2.17. The van der Waals surface area contributed by atoms with E-state index in [9.17, 15) is 9.59 Å². The lowest BCUT2D eigenvalue weighted by molar-refractivity contribution is -0.145. The third kappa shape index (κ3) is 3.77. The highest BCUT2D eigenvalue weighted by atomic mass is 32.1. The molecule has 0 atom stereocenters. The van der Waals surface area contributed by atoms with Crippen LogP contribution in [0.4, 0.5) is 0 Å². The Hall–Kier alpha value is -2.19. The van der Waals surface area contributed by atoms with E-state index in [0.717, 1.165) is 21.9 Å². The minimum atomic E-state index is -0.372. The lowest BCUT2D eigenvalue weighted by atomic mass is 10.4. The molecule has 8 heteroatoms. The number of aryl methyl sites for hydroxylation is 1. The molecule has 0 N–H and O–H groups in total. The Kier molecular flexibility index (Phi) is 4.73. The van der Waals surface area contributed by atoms with Crippen LogP contribution in [0.3, 0.4) is 0 Å². The summed E-state index contributed by atoms with van der Waals surface area (Å²) in [5, 5.41) is 3.71. The van der Waals surface area contributed by atoms with Gasteiger partial charge in [-0.3, -0.25) is 9.59 Å². The molecule has 3 aromatic rings. The zero-order valence-corrected chi connectivity index (χ0v) is 14.0. The van der Waals surface area contributed by atoms with Gasteiger partial charge in [0.1, 0.15) is 18.6 Å². The summed E-state index contributed by atoms with van der Waals surface area (Å²) in [6.07, 6.45) is 1.63. The highest BCUT2D eigenvalue weighted by molar-refractivity contribution is 7.13. The molecule has 0 saturated heterocycles. The van der Waals surface area contributed by atoms with Gasteiger partial charge in [0, 0.05) is 17.6 Å². The maximum atomic E-state index is 11.8. The van der Waals surface area contributed by atoms with Crippen LogP contribution in [0.25, 0.3) is 10.8 Å². The van der Waals surface area contributed by atoms with E-state index in [-0.39, 0.29) is 23.9 Å². The summed E-state index contributed by atoms with van der Waals surface area (Å²) in [5.41, 5.74) is 1.41. The molecule has 6 nitrogen and oxygen atoms in total. The molecule has 0 radical (unpaired) electrons. The first-order valence-corrected chi connectivity index (χ1v) is 8.68. The van der Waals surface area contributed by atoms with Crippen molar-refractivity contribution >= 4 is 28.6 Å². The predicted octanol–water partition coefficient (Wildman–Crippen LogP) is 3.07. The largest absolute Gasteiger partial charge is 0.459 e. The van der Waals surface area contributed by atoms with Crippen LogP contribution in [0.2, 0.25) is 0 Å². The van der Waals surface area contributed by atoms with Crippen LogP contribution in [-0.4, -0.2) is 15.5 Å². The van der Waals surface area contributed by atoms with E-state index < -0.39 is 0 Å². The second-order valence-electron chi connectivity index (χ2n) is 4.83. The summed E-state index contributed by atoms with van der Waals surface area (Å²) in [4.78, 5) is 28.5. The molecular formula is C15H14N2O4S2. The molecule has 0 spiro atoms. The third-order valence-electron chi connectivity index (χ3n) is 3.18. The van der Waals surface area contributed by atoms with Gasteiger partial charge in [0.25, 0.3) is 0 Å². The molecule has 0 amide bonds. The van der Waals surface area contributed by atoms with Crippen molar-refractivity contribution in [1.29, 1.82) is 0 Å². The molecule has 0 aliphatic rings. The van der Waals surface area contributed by atoms with Crippen molar-refractivity contribution in [3.63, 3.8) is 0 Å². The van der Waals surface area contributed by atoms with E-state index >= 15 is 0 Å². The first-order chi connectivity index (χ1) is 11.1. The van der Waals surface area contributed by atoms with Gasteiger partial charge in [-0.1, -0.05) is 17.4 Å². The van der Waals surface area contributed by atoms with Gasteiger partial charge in [0.05, 0.1) is 11.3 Å². The molecule has 0 saturated carbocycles. The second-order valence-corrected chi connectivity index (χ2v) is 6.59. The first kappa shape index (κ1) is 15.7. The Balaban J connectivity index is 1.50. The van der Waals surface area contributed by atoms with E-state index in [1.165, 1.54) is 17.6 Å². The van der Waals surface area contributed by atoms with E-state index in [1.807, 2.05) is 24.4 Å². The number of aromatic nitrogens is 2. The van der Waals surface area contributed by atoms with Crippen molar-refractivity contribution in [3.05, 3.63) is 50.2 Å². The fourth-order valence-corrected chi connectivity index (χ4v) is 3.41. The second kappa shape index (κ2) is 6.93. The smallest absolute Gasteiger partial charge is 0.307 e. The number of hydrogen-bond acceptors (Lipinski definition) is 7. The molecular weight excluding hydrogens is 336 g/mol. The number of carbonyl (C=O) groups excluding carboxylic acids is 1. The minimum absolute atomic E-state index is 0.0607. The molecule has 3 aromatic heterocycles. The zero-order valence-electron chi connectivity index (χ0n) is 12.4. The number of ether oxygens (including phenoxy) is 1. The molecule has 0 aliphatic carbocycles. The van der Waals surface area contributed by atoms with Crippen molar-refractivity contribution < 1.29 is 13.9 Å². The molecule has 120 valence electrons. The van der Waals surface area contributed by atoms with Crippen molar-refractivity contribution in [1.82, 2.24) is 9.55 Å². The van der Waals surface area contributed by atoms with Crippen LogP contribution in [0.15, 0.2) is 38.4 Å². The maximum Gasteiger partial charge on any atom is 0.307 e. The molecule has 3 rings (SSSR count). The summed E-state index contributed by atoms with van der Waals surface area (Å²) < 4.78 is 12.1. The van der Waals surface area contributed by atoms with Gasteiger partial charge in [0.15, 0.2) is 0 Å². The standard InChI is InChI=1S/C15H14N2O4S2/c1-10-9-23-15(19)17(10)5-4-13(18)20-7-11-8-21-14(16-11)12-3-2-6-22-12/h2-3,6,8-9H,4-5,7H2,1H3. The third-order valence-corrected chi connectivity index (χ3v) is 4.92. The van der Waals surface area contributed by atoms with E-state index in [2.05, 4.69) is 4.98 Å². The van der Waals surface area contributed by atoms with Crippen molar-refractivity contribution in [2.45, 2.75) is 26.5 Å². The van der Waals surface area contributed by atoms with E-state index in [4.69, 9.17) is 9.15 Å². The molecule has 23 heavy (non-hydrogen) atoms.